The summed E-state index contributed by atoms with van der Waals surface area (Å²) in [5.74, 6) is 0. The zero-order valence-electron chi connectivity index (χ0n) is 51.8. The summed E-state index contributed by atoms with van der Waals surface area (Å²) in [6, 6.07) is 49.9. The van der Waals surface area contributed by atoms with Gasteiger partial charge in [0.15, 0.2) is 0 Å². The molecule has 0 N–H and O–H groups in total. The molecule has 0 saturated heterocycles. The lowest BCUT2D eigenvalue weighted by molar-refractivity contribution is 0.749. The SMILES string of the molecule is CC.CC.CC.CC.CC.CC.Cn1cc2c(n1)-c1ccccc1C2.Cn1cc2c(n1)Cc1ccccc1-2.Cn1cc2ccccc2n1.Cn1cnc2c1-c1ccccc1C2.Cn1ncc2ccccc21.Cn1ncc2ccccc21. The first kappa shape index (κ1) is 64.9. The summed E-state index contributed by atoms with van der Waals surface area (Å²) in [7, 11) is 11.8. The van der Waals surface area contributed by atoms with Gasteiger partial charge in [-0.15, -0.1) is 0 Å². The summed E-state index contributed by atoms with van der Waals surface area (Å²) in [4.78, 5) is 4.37. The Kier molecular flexibility index (Phi) is 27.0. The van der Waals surface area contributed by atoms with Crippen LogP contribution in [0.25, 0.3) is 66.4 Å². The number of para-hydroxylation sites is 2. The third-order valence-corrected chi connectivity index (χ3v) is 12.6. The number of aryl methyl sites for hydroxylation is 6. The van der Waals surface area contributed by atoms with Crippen molar-refractivity contribution in [3.05, 3.63) is 217 Å². The molecule has 12 heteroatoms. The van der Waals surface area contributed by atoms with E-state index < -0.39 is 0 Å². The first-order chi connectivity index (χ1) is 39.7. The smallest absolute Gasteiger partial charge is 0.0961 e. The standard InChI is InChI=1S/3C11H10N2.3C8H8N2.6C2H6/c1-13-7-9-6-8-4-2-3-5-10(8)11(9)12-13;1-13-7-10-9-5-3-2-4-8(9)6-11(10)12-13;1-13-7-12-10-6-8-4-2-3-5-9(8)11(10)13;1-10-6-7-4-2-3-5-8(7)9-10;2*1-10-8-5-3-2-4-7(8)6-9-10;6*1-2/h3*2-5,7H,6H2,1H3;3*2-6H,1H3;6*1-2H3. The minimum Gasteiger partial charge on any atom is -0.334 e. The molecule has 0 atom stereocenters. The van der Waals surface area contributed by atoms with E-state index in [1.54, 1.807) is 0 Å². The van der Waals surface area contributed by atoms with Crippen molar-refractivity contribution in [2.75, 3.05) is 0 Å². The van der Waals surface area contributed by atoms with Gasteiger partial charge in [0.1, 0.15) is 0 Å². The summed E-state index contributed by atoms with van der Waals surface area (Å²) >= 11 is 0. The van der Waals surface area contributed by atoms with Gasteiger partial charge in [0, 0.05) is 119 Å². The second-order valence-electron chi connectivity index (χ2n) is 17.5. The molecule has 0 amide bonds. The third kappa shape index (κ3) is 16.5. The van der Waals surface area contributed by atoms with Crippen LogP contribution in [0, 0.1) is 0 Å². The topological polar surface area (TPSA) is 107 Å². The summed E-state index contributed by atoms with van der Waals surface area (Å²) in [5, 5.41) is 24.9. The van der Waals surface area contributed by atoms with Crippen molar-refractivity contribution in [1.82, 2.24) is 58.5 Å². The van der Waals surface area contributed by atoms with Gasteiger partial charge in [-0.05, 0) is 40.5 Å². The van der Waals surface area contributed by atoms with Gasteiger partial charge in [0.25, 0.3) is 0 Å². The van der Waals surface area contributed by atoms with E-state index in [4.69, 9.17) is 0 Å². The normalized spacial score (nSPS) is 10.4. The third-order valence-electron chi connectivity index (χ3n) is 12.6. The molecule has 6 heterocycles. The lowest BCUT2D eigenvalue weighted by atomic mass is 10.1. The van der Waals surface area contributed by atoms with E-state index in [0.29, 0.717) is 0 Å². The van der Waals surface area contributed by atoms with Crippen LogP contribution in [0.5, 0.6) is 0 Å². The van der Waals surface area contributed by atoms with Crippen molar-refractivity contribution in [3.8, 4) is 33.6 Å². The Labute approximate surface area is 483 Å². The van der Waals surface area contributed by atoms with Crippen LogP contribution in [0.1, 0.15) is 117 Å². The number of imidazole rings is 1. The maximum atomic E-state index is 4.45. The summed E-state index contributed by atoms with van der Waals surface area (Å²) in [5.41, 5.74) is 19.2. The summed E-state index contributed by atoms with van der Waals surface area (Å²) in [6.07, 6.45) is 14.9. The zero-order valence-corrected chi connectivity index (χ0v) is 51.8. The van der Waals surface area contributed by atoms with Crippen LogP contribution < -0.4 is 0 Å². The van der Waals surface area contributed by atoms with E-state index in [2.05, 4.69) is 151 Å². The molecule has 0 aliphatic heterocycles. The lowest BCUT2D eigenvalue weighted by Crippen LogP contribution is -1.91. The highest BCUT2D eigenvalue weighted by Gasteiger charge is 2.23. The average Bonchev–Trinajstić information content (AvgIpc) is 4.56. The van der Waals surface area contributed by atoms with Crippen molar-refractivity contribution >= 4 is 32.7 Å². The molecule has 3 aliphatic rings. The van der Waals surface area contributed by atoms with Crippen LogP contribution in [0.15, 0.2) is 183 Å². The predicted molar refractivity (Wildman–Crippen MR) is 345 cm³/mol. The fraction of sp³-hybridized carbons (Fsp3) is 0.304. The highest BCUT2D eigenvalue weighted by molar-refractivity contribution is 5.80. The van der Waals surface area contributed by atoms with Crippen molar-refractivity contribution in [3.63, 3.8) is 0 Å². The van der Waals surface area contributed by atoms with Gasteiger partial charge < -0.3 is 4.57 Å². The second-order valence-corrected chi connectivity index (χ2v) is 17.5. The molecule has 0 fully saturated rings. The highest BCUT2D eigenvalue weighted by Crippen LogP contribution is 2.37. The Morgan fingerprint density at radius 1 is 0.346 bits per heavy atom. The molecular weight excluding hydrogens is 997 g/mol. The van der Waals surface area contributed by atoms with Crippen LogP contribution >= 0.6 is 0 Å². The number of hydrogen-bond donors (Lipinski definition) is 0. The molecule has 0 saturated carbocycles. The fourth-order valence-corrected chi connectivity index (χ4v) is 9.34. The van der Waals surface area contributed by atoms with Gasteiger partial charge in [0.05, 0.1) is 58.0 Å². The van der Waals surface area contributed by atoms with Crippen molar-refractivity contribution in [2.24, 2.45) is 42.3 Å². The molecule has 0 spiro atoms. The largest absolute Gasteiger partial charge is 0.334 e. The molecule has 426 valence electrons. The Morgan fingerprint density at radius 2 is 0.778 bits per heavy atom. The Balaban J connectivity index is 0.000000202. The first-order valence-electron chi connectivity index (χ1n) is 29.1. The van der Waals surface area contributed by atoms with Crippen molar-refractivity contribution in [2.45, 2.75) is 102 Å². The van der Waals surface area contributed by atoms with Crippen LogP contribution in [0.3, 0.4) is 0 Å². The minimum absolute atomic E-state index is 0.992. The van der Waals surface area contributed by atoms with E-state index in [9.17, 15) is 0 Å². The first-order valence-corrected chi connectivity index (χ1v) is 29.1. The number of hydrogen-bond acceptors (Lipinski definition) is 6. The average molecular weight is 1090 g/mol. The molecule has 15 rings (SSSR count). The molecule has 0 unspecified atom stereocenters. The Morgan fingerprint density at radius 3 is 1.33 bits per heavy atom. The fourth-order valence-electron chi connectivity index (χ4n) is 9.34. The Bertz CT molecular complexity index is 3500. The number of benzene rings is 6. The van der Waals surface area contributed by atoms with E-state index >= 15 is 0 Å². The van der Waals surface area contributed by atoms with E-state index in [1.807, 2.05) is 216 Å². The van der Waals surface area contributed by atoms with Crippen molar-refractivity contribution < 1.29 is 0 Å². The Hall–Kier alpha value is -8.64. The number of rotatable bonds is 0. The van der Waals surface area contributed by atoms with Gasteiger partial charge in [-0.2, -0.15) is 25.5 Å². The van der Waals surface area contributed by atoms with Gasteiger partial charge in [-0.3, -0.25) is 23.4 Å². The molecule has 6 aromatic heterocycles. The van der Waals surface area contributed by atoms with Gasteiger partial charge in [0.2, 0.25) is 0 Å². The lowest BCUT2D eigenvalue weighted by Gasteiger charge is -2.00. The van der Waals surface area contributed by atoms with Crippen LogP contribution in [-0.4, -0.2) is 58.5 Å². The van der Waals surface area contributed by atoms with Crippen LogP contribution in [0.2, 0.25) is 0 Å². The summed E-state index contributed by atoms with van der Waals surface area (Å²) in [6.45, 7) is 24.0. The maximum absolute atomic E-state index is 4.45. The molecule has 0 bridgehead atoms. The molecule has 0 radical (unpaired) electrons. The predicted octanol–water partition coefficient (Wildman–Crippen LogP) is 16.9. The van der Waals surface area contributed by atoms with Gasteiger partial charge >= 0.3 is 0 Å². The van der Waals surface area contributed by atoms with Crippen molar-refractivity contribution in [1.29, 1.82) is 0 Å². The number of fused-ring (bicyclic) bond motifs is 12. The number of nitrogens with zero attached hydrogens (tertiary/aromatic N) is 12. The quantitative estimate of drug-likeness (QED) is 0.150. The molecule has 12 nitrogen and oxygen atoms in total. The minimum atomic E-state index is 0.992. The highest BCUT2D eigenvalue weighted by atomic mass is 15.3. The van der Waals surface area contributed by atoms with E-state index in [0.717, 1.165) is 30.5 Å². The maximum Gasteiger partial charge on any atom is 0.0961 e. The van der Waals surface area contributed by atoms with Crippen LogP contribution in [0.4, 0.5) is 0 Å². The molecule has 12 aromatic rings. The zero-order chi connectivity index (χ0) is 59.4. The van der Waals surface area contributed by atoms with E-state index in [1.165, 1.54) is 88.8 Å². The van der Waals surface area contributed by atoms with Gasteiger partial charge in [-0.1, -0.05) is 210 Å². The van der Waals surface area contributed by atoms with E-state index in [-0.39, 0.29) is 0 Å². The van der Waals surface area contributed by atoms with Gasteiger partial charge in [-0.25, -0.2) is 4.98 Å². The molecule has 6 aromatic carbocycles. The monoisotopic (exact) mass is 1090 g/mol. The second kappa shape index (κ2) is 33.7. The molecule has 81 heavy (non-hydrogen) atoms. The molecule has 3 aliphatic carbocycles. The number of aromatic nitrogens is 12. The van der Waals surface area contributed by atoms with Crippen LogP contribution in [-0.2, 0) is 61.5 Å². The summed E-state index contributed by atoms with van der Waals surface area (Å²) < 4.78 is 11.4. The molecular formula is C69H90N12.